The van der Waals surface area contributed by atoms with E-state index < -0.39 is 11.6 Å². The summed E-state index contributed by atoms with van der Waals surface area (Å²) in [6.07, 6.45) is 1.99. The number of nitrogens with one attached hydrogen (secondary N) is 3. The molecule has 8 nitrogen and oxygen atoms in total. The van der Waals surface area contributed by atoms with Crippen molar-refractivity contribution in [2.24, 2.45) is 0 Å². The number of amides is 3. The summed E-state index contributed by atoms with van der Waals surface area (Å²) >= 11 is 0. The number of hydrogen-bond acceptors (Lipinski definition) is 5. The van der Waals surface area contributed by atoms with Gasteiger partial charge in [0.25, 0.3) is 5.91 Å². The van der Waals surface area contributed by atoms with Gasteiger partial charge in [-0.15, -0.1) is 0 Å². The van der Waals surface area contributed by atoms with Crippen LogP contribution in [0.2, 0.25) is 0 Å². The lowest BCUT2D eigenvalue weighted by molar-refractivity contribution is -0.126. The fourth-order valence-corrected chi connectivity index (χ4v) is 4.25. The topological polar surface area (TPSA) is 99.8 Å². The minimum absolute atomic E-state index is 0.0436. The van der Waals surface area contributed by atoms with Crippen molar-refractivity contribution in [2.75, 3.05) is 28.7 Å². The van der Waals surface area contributed by atoms with E-state index in [4.69, 9.17) is 4.74 Å². The molecule has 2 aliphatic heterocycles. The van der Waals surface area contributed by atoms with Gasteiger partial charge in [0.2, 0.25) is 11.8 Å². The molecular weight excluding hydrogens is 420 g/mol. The Labute approximate surface area is 193 Å². The maximum atomic E-state index is 13.6. The number of benzene rings is 2. The first-order chi connectivity index (χ1) is 15.8. The Morgan fingerprint density at radius 1 is 1.18 bits per heavy atom. The molecule has 3 N–H and O–H groups in total. The summed E-state index contributed by atoms with van der Waals surface area (Å²) in [4.78, 5) is 40.6. The monoisotopic (exact) mass is 450 g/mol. The van der Waals surface area contributed by atoms with E-state index in [-0.39, 0.29) is 23.8 Å². The molecule has 2 aromatic carbocycles. The third-order valence-corrected chi connectivity index (χ3v) is 6.16. The van der Waals surface area contributed by atoms with E-state index in [1.807, 2.05) is 24.3 Å². The third-order valence-electron chi connectivity index (χ3n) is 6.16. The minimum Gasteiger partial charge on any atom is -0.376 e. The van der Waals surface area contributed by atoms with Crippen LogP contribution in [0.15, 0.2) is 48.5 Å². The summed E-state index contributed by atoms with van der Waals surface area (Å²) in [5, 5.41) is 8.98. The number of fused-ring (bicyclic) bond motifs is 1. The van der Waals surface area contributed by atoms with Crippen LogP contribution < -0.4 is 20.9 Å². The van der Waals surface area contributed by atoms with Gasteiger partial charge in [-0.1, -0.05) is 24.3 Å². The fourth-order valence-electron chi connectivity index (χ4n) is 4.25. The highest BCUT2D eigenvalue weighted by atomic mass is 16.5. The van der Waals surface area contributed by atoms with Crippen molar-refractivity contribution in [1.82, 2.24) is 5.32 Å². The third kappa shape index (κ3) is 4.57. The Balaban J connectivity index is 1.53. The van der Waals surface area contributed by atoms with Crippen LogP contribution in [-0.4, -0.2) is 48.6 Å². The molecule has 2 atom stereocenters. The highest BCUT2D eigenvalue weighted by molar-refractivity contribution is 6.15. The molecule has 1 fully saturated rings. The number of rotatable bonds is 6. The molecule has 0 unspecified atom stereocenters. The smallest absolute Gasteiger partial charge is 0.253 e. The van der Waals surface area contributed by atoms with Gasteiger partial charge < -0.3 is 20.7 Å². The summed E-state index contributed by atoms with van der Waals surface area (Å²) in [6.45, 7) is 6.35. The Kier molecular flexibility index (Phi) is 6.37. The van der Waals surface area contributed by atoms with Gasteiger partial charge in [0, 0.05) is 18.8 Å². The van der Waals surface area contributed by atoms with Crippen LogP contribution in [0.1, 0.15) is 44.0 Å². The van der Waals surface area contributed by atoms with Crippen LogP contribution in [0.3, 0.4) is 0 Å². The van der Waals surface area contributed by atoms with Gasteiger partial charge in [-0.25, -0.2) is 0 Å². The quantitative estimate of drug-likeness (QED) is 0.628. The van der Waals surface area contributed by atoms with E-state index in [9.17, 15) is 14.4 Å². The number of hydrogen-bond donors (Lipinski definition) is 3. The van der Waals surface area contributed by atoms with Crippen molar-refractivity contribution in [3.05, 3.63) is 54.1 Å². The van der Waals surface area contributed by atoms with E-state index in [0.717, 1.165) is 19.4 Å². The normalized spacial score (nSPS) is 19.9. The van der Waals surface area contributed by atoms with Crippen molar-refractivity contribution in [2.45, 2.75) is 51.3 Å². The van der Waals surface area contributed by atoms with Crippen molar-refractivity contribution in [3.63, 3.8) is 0 Å². The summed E-state index contributed by atoms with van der Waals surface area (Å²) in [5.41, 5.74) is 1.17. The first-order valence-electron chi connectivity index (χ1n) is 11.3. The number of nitrogens with zero attached hydrogens (tertiary/aromatic N) is 1. The molecule has 0 aliphatic carbocycles. The van der Waals surface area contributed by atoms with Crippen molar-refractivity contribution in [1.29, 1.82) is 0 Å². The molecule has 3 amide bonds. The molecule has 2 aromatic rings. The molecule has 1 saturated heterocycles. The average Bonchev–Trinajstić information content (AvgIpc) is 3.32. The van der Waals surface area contributed by atoms with Gasteiger partial charge in [-0.2, -0.15) is 0 Å². The Bertz CT molecular complexity index is 1060. The van der Waals surface area contributed by atoms with Gasteiger partial charge in [0.15, 0.2) is 0 Å². The zero-order valence-corrected chi connectivity index (χ0v) is 19.2. The van der Waals surface area contributed by atoms with Crippen LogP contribution in [0, 0.1) is 0 Å². The van der Waals surface area contributed by atoms with Gasteiger partial charge >= 0.3 is 0 Å². The number of carbonyl (C=O) groups excluding carboxylic acids is 3. The maximum absolute atomic E-state index is 13.6. The molecule has 2 heterocycles. The SMILES string of the molecule is C[C@@H](Nc1ccccc1C(=O)NC[C@H]1CCCO1)C(=O)N1c2ccccc2NC(=O)C1(C)C. The van der Waals surface area contributed by atoms with Crippen LogP contribution >= 0.6 is 0 Å². The lowest BCUT2D eigenvalue weighted by atomic mass is 9.95. The van der Waals surface area contributed by atoms with Gasteiger partial charge in [-0.05, 0) is 57.9 Å². The maximum Gasteiger partial charge on any atom is 0.253 e. The lowest BCUT2D eigenvalue weighted by Gasteiger charge is -2.43. The van der Waals surface area contributed by atoms with Crippen molar-refractivity contribution >= 4 is 34.8 Å². The largest absolute Gasteiger partial charge is 0.376 e. The number of para-hydroxylation sites is 3. The predicted molar refractivity (Wildman–Crippen MR) is 127 cm³/mol. The Hall–Kier alpha value is -3.39. The number of ether oxygens (including phenoxy) is 1. The summed E-state index contributed by atoms with van der Waals surface area (Å²) < 4.78 is 5.58. The zero-order chi connectivity index (χ0) is 23.6. The molecule has 2 aliphatic rings. The van der Waals surface area contributed by atoms with E-state index in [0.29, 0.717) is 29.2 Å². The van der Waals surface area contributed by atoms with Gasteiger partial charge in [0.1, 0.15) is 11.6 Å². The lowest BCUT2D eigenvalue weighted by Crippen LogP contribution is -2.61. The molecule has 0 radical (unpaired) electrons. The second-order valence-corrected chi connectivity index (χ2v) is 8.96. The van der Waals surface area contributed by atoms with Crippen molar-refractivity contribution < 1.29 is 19.1 Å². The molecule has 4 rings (SSSR count). The molecule has 0 aromatic heterocycles. The Morgan fingerprint density at radius 2 is 1.91 bits per heavy atom. The van der Waals surface area contributed by atoms with E-state index >= 15 is 0 Å². The molecule has 0 bridgehead atoms. The van der Waals surface area contributed by atoms with Crippen LogP contribution in [0.5, 0.6) is 0 Å². The highest BCUT2D eigenvalue weighted by Crippen LogP contribution is 2.37. The second kappa shape index (κ2) is 9.23. The van der Waals surface area contributed by atoms with Gasteiger partial charge in [0.05, 0.1) is 23.0 Å². The number of anilines is 3. The summed E-state index contributed by atoms with van der Waals surface area (Å²) in [7, 11) is 0. The zero-order valence-electron chi connectivity index (χ0n) is 19.2. The van der Waals surface area contributed by atoms with E-state index in [1.165, 1.54) is 4.90 Å². The molecular formula is C25H30N4O4. The van der Waals surface area contributed by atoms with Crippen LogP contribution in [0.4, 0.5) is 17.1 Å². The number of carbonyl (C=O) groups is 3. The first-order valence-corrected chi connectivity index (χ1v) is 11.3. The summed E-state index contributed by atoms with van der Waals surface area (Å²) in [5.74, 6) is -0.746. The second-order valence-electron chi connectivity index (χ2n) is 8.96. The molecule has 0 saturated carbocycles. The molecule has 0 spiro atoms. The average molecular weight is 451 g/mol. The molecule has 174 valence electrons. The standard InChI is InChI=1S/C25H30N4O4/c1-16(23(31)29-21-13-7-6-12-20(21)28-24(32)25(29,2)3)27-19-11-5-4-10-18(19)22(30)26-15-17-9-8-14-33-17/h4-7,10-13,16-17,27H,8-9,14-15H2,1-3H3,(H,26,30)(H,28,32)/t16-,17-/m1/s1. The van der Waals surface area contributed by atoms with Crippen LogP contribution in [-0.2, 0) is 14.3 Å². The molecule has 8 heteroatoms. The first kappa shape index (κ1) is 22.8. The molecule has 33 heavy (non-hydrogen) atoms. The fraction of sp³-hybridized carbons (Fsp3) is 0.400. The predicted octanol–water partition coefficient (Wildman–Crippen LogP) is 3.16. The van der Waals surface area contributed by atoms with Gasteiger partial charge in [-0.3, -0.25) is 19.3 Å². The highest BCUT2D eigenvalue weighted by Gasteiger charge is 2.44. The van der Waals surface area contributed by atoms with E-state index in [2.05, 4.69) is 16.0 Å². The summed E-state index contributed by atoms with van der Waals surface area (Å²) in [6, 6.07) is 13.6. The minimum atomic E-state index is -1.07. The Morgan fingerprint density at radius 3 is 2.67 bits per heavy atom. The van der Waals surface area contributed by atoms with Crippen molar-refractivity contribution in [3.8, 4) is 0 Å². The van der Waals surface area contributed by atoms with E-state index in [1.54, 1.807) is 45.0 Å². The van der Waals surface area contributed by atoms with Crippen LogP contribution in [0.25, 0.3) is 0 Å².